The number of aliphatic hydroxyl groups excluding tert-OH is 1. The van der Waals surface area contributed by atoms with Gasteiger partial charge in [0.15, 0.2) is 12.4 Å². The molecule has 316 valence electrons. The highest BCUT2D eigenvalue weighted by molar-refractivity contribution is 5.89. The predicted octanol–water partition coefficient (Wildman–Crippen LogP) is 2.97. The zero-order chi connectivity index (χ0) is 42.3. The number of rotatable bonds is 9. The summed E-state index contributed by atoms with van der Waals surface area (Å²) in [5.74, 6) is -6.79. The lowest BCUT2D eigenvalue weighted by Crippen LogP contribution is -2.61. The summed E-state index contributed by atoms with van der Waals surface area (Å²) in [5.41, 5.74) is -3.24. The van der Waals surface area contributed by atoms with E-state index < -0.39 is 95.6 Å². The molecule has 0 bridgehead atoms. The maximum atomic E-state index is 14.1. The number of esters is 3. The fraction of sp³-hybridized carbons (Fsp3) is 0.750. The van der Waals surface area contributed by atoms with Crippen LogP contribution in [0.3, 0.4) is 0 Å². The number of aliphatic hydroxyl groups is 3. The van der Waals surface area contributed by atoms with E-state index in [-0.39, 0.29) is 37.1 Å². The van der Waals surface area contributed by atoms with Crippen LogP contribution >= 0.6 is 0 Å². The molecule has 3 rings (SSSR count). The first kappa shape index (κ1) is 46.8. The summed E-state index contributed by atoms with van der Waals surface area (Å²) in [4.78, 5) is 63.2. The van der Waals surface area contributed by atoms with Crippen LogP contribution in [0.4, 0.5) is 0 Å². The molecule has 1 aromatic rings. The standard InChI is InChI=1S/C40H63N3O13/c1-13-30-40(10,50)35(47)23(4)32(42-56-27(8)45)21(2)19-39(9,49)36(55-38-34(52-26(7)44)29(43(11)12)17-22(3)51-38)24(5)33(25(6)37(48)53-30)54-31(46)18-28-15-14-16-41-20-28/h14-16,20-25,29-30,33-36,38,47,49-50H,13,17-19H2,1-12H3/b42-32+/t21-,22-,23-,24+,25-,29+,30+,33+,34-,35-,36-,38+,39+,40-/m1/s1. The lowest BCUT2D eigenvalue weighted by Gasteiger charge is -2.48. The molecule has 0 amide bonds. The van der Waals surface area contributed by atoms with Gasteiger partial charge in [-0.3, -0.25) is 19.4 Å². The van der Waals surface area contributed by atoms with E-state index in [2.05, 4.69) is 10.1 Å². The highest BCUT2D eigenvalue weighted by atomic mass is 16.7. The van der Waals surface area contributed by atoms with Gasteiger partial charge in [0, 0.05) is 44.0 Å². The Labute approximate surface area is 330 Å². The van der Waals surface area contributed by atoms with Gasteiger partial charge in [-0.15, -0.1) is 0 Å². The highest BCUT2D eigenvalue weighted by Gasteiger charge is 2.52. The Bertz CT molecular complexity index is 1520. The number of aromatic nitrogens is 1. The molecule has 0 spiro atoms. The first-order chi connectivity index (χ1) is 26.0. The molecule has 0 aromatic carbocycles. The minimum atomic E-state index is -2.04. The largest absolute Gasteiger partial charge is 0.461 e. The number of carbonyl (C=O) groups excluding carboxylic acids is 4. The van der Waals surface area contributed by atoms with Gasteiger partial charge in [-0.1, -0.05) is 38.9 Å². The summed E-state index contributed by atoms with van der Waals surface area (Å²) < 4.78 is 30.9. The Kier molecular flexibility index (Phi) is 16.5. The number of pyridine rings is 1. The molecule has 0 unspecified atom stereocenters. The monoisotopic (exact) mass is 793 g/mol. The fourth-order valence-corrected chi connectivity index (χ4v) is 8.07. The Hall–Kier alpha value is -3.54. The highest BCUT2D eigenvalue weighted by Crippen LogP contribution is 2.39. The van der Waals surface area contributed by atoms with Gasteiger partial charge in [-0.25, -0.2) is 4.79 Å². The number of ether oxygens (including phenoxy) is 5. The zero-order valence-corrected chi connectivity index (χ0v) is 34.8. The predicted molar refractivity (Wildman–Crippen MR) is 203 cm³/mol. The number of hydrogen-bond donors (Lipinski definition) is 3. The molecule has 16 nitrogen and oxygen atoms in total. The quantitative estimate of drug-likeness (QED) is 0.142. The average molecular weight is 794 g/mol. The van der Waals surface area contributed by atoms with E-state index in [9.17, 15) is 34.5 Å². The molecule has 0 aliphatic carbocycles. The minimum absolute atomic E-state index is 0.0878. The van der Waals surface area contributed by atoms with Gasteiger partial charge in [-0.05, 0) is 72.7 Å². The summed E-state index contributed by atoms with van der Waals surface area (Å²) in [6, 6.07) is 3.02. The molecular weight excluding hydrogens is 730 g/mol. The third-order valence-corrected chi connectivity index (χ3v) is 11.0. The van der Waals surface area contributed by atoms with Crippen molar-refractivity contribution in [1.82, 2.24) is 9.88 Å². The molecule has 2 aliphatic rings. The van der Waals surface area contributed by atoms with Crippen molar-refractivity contribution in [3.63, 3.8) is 0 Å². The van der Waals surface area contributed by atoms with Crippen molar-refractivity contribution >= 4 is 29.6 Å². The lowest BCUT2D eigenvalue weighted by atomic mass is 9.73. The number of cyclic esters (lactones) is 1. The molecule has 2 aliphatic heterocycles. The van der Waals surface area contributed by atoms with Crippen LogP contribution in [0.25, 0.3) is 0 Å². The number of nitrogens with zero attached hydrogens (tertiary/aromatic N) is 3. The summed E-state index contributed by atoms with van der Waals surface area (Å²) in [7, 11) is 3.67. The van der Waals surface area contributed by atoms with Crippen molar-refractivity contribution < 1.29 is 63.0 Å². The normalized spacial score (nSPS) is 38.3. The number of carbonyl (C=O) groups is 4. The van der Waals surface area contributed by atoms with Crippen molar-refractivity contribution in [2.75, 3.05) is 14.1 Å². The third kappa shape index (κ3) is 11.8. The van der Waals surface area contributed by atoms with Gasteiger partial charge in [-0.2, -0.15) is 0 Å². The second kappa shape index (κ2) is 19.7. The number of likely N-dealkylation sites (N-methyl/N-ethyl adjacent to an activating group) is 1. The van der Waals surface area contributed by atoms with Crippen molar-refractivity contribution in [1.29, 1.82) is 0 Å². The van der Waals surface area contributed by atoms with Gasteiger partial charge in [0.1, 0.15) is 17.8 Å². The number of oxime groups is 1. The second-order valence-electron chi connectivity index (χ2n) is 16.2. The molecule has 2 saturated heterocycles. The molecule has 56 heavy (non-hydrogen) atoms. The van der Waals surface area contributed by atoms with Gasteiger partial charge >= 0.3 is 23.9 Å². The maximum Gasteiger partial charge on any atom is 0.331 e. The summed E-state index contributed by atoms with van der Waals surface area (Å²) in [6.45, 7) is 15.2. The molecule has 3 N–H and O–H groups in total. The molecule has 0 saturated carbocycles. The van der Waals surface area contributed by atoms with E-state index in [1.807, 2.05) is 25.9 Å². The first-order valence-electron chi connectivity index (χ1n) is 19.3. The Morgan fingerprint density at radius 2 is 1.68 bits per heavy atom. The van der Waals surface area contributed by atoms with Crippen molar-refractivity contribution in [2.24, 2.45) is 28.8 Å². The lowest BCUT2D eigenvalue weighted by molar-refractivity contribution is -0.301. The SMILES string of the molecule is CC[C@@H]1OC(=O)[C@H](C)[C@@H](OC(=O)Cc2cccnc2)[C@H](C)[C@@H](O[C@@H]2O[C@H](C)C[C@H](N(C)C)[C@H]2OC(C)=O)[C@@](C)(O)C[C@@H](C)/C(=N\OC(C)=O)[C@@H](C)[C@@H](O)[C@]1(C)O. The van der Waals surface area contributed by atoms with Crippen LogP contribution in [0.5, 0.6) is 0 Å². The molecule has 14 atom stereocenters. The smallest absolute Gasteiger partial charge is 0.331 e. The van der Waals surface area contributed by atoms with Crippen molar-refractivity contribution in [3.8, 4) is 0 Å². The molecule has 1 aromatic heterocycles. The van der Waals surface area contributed by atoms with Crippen molar-refractivity contribution in [3.05, 3.63) is 30.1 Å². The fourth-order valence-electron chi connectivity index (χ4n) is 8.07. The van der Waals surface area contributed by atoms with E-state index in [0.29, 0.717) is 12.0 Å². The molecular formula is C40H63N3O13. The van der Waals surface area contributed by atoms with E-state index >= 15 is 0 Å². The van der Waals surface area contributed by atoms with Gasteiger partial charge in [0.05, 0.1) is 48.0 Å². The Morgan fingerprint density at radius 1 is 1.02 bits per heavy atom. The van der Waals surface area contributed by atoms with E-state index in [1.165, 1.54) is 33.9 Å². The third-order valence-electron chi connectivity index (χ3n) is 11.0. The Balaban J connectivity index is 2.27. The first-order valence-corrected chi connectivity index (χ1v) is 19.3. The minimum Gasteiger partial charge on any atom is -0.461 e. The van der Waals surface area contributed by atoms with Crippen LogP contribution in [-0.2, 0) is 54.1 Å². The van der Waals surface area contributed by atoms with E-state index in [1.54, 1.807) is 46.0 Å². The topological polar surface area (TPSA) is 213 Å². The van der Waals surface area contributed by atoms with Crippen LogP contribution in [0.15, 0.2) is 29.7 Å². The maximum absolute atomic E-state index is 14.1. The molecule has 0 radical (unpaired) electrons. The van der Waals surface area contributed by atoms with Crippen LogP contribution in [0.2, 0.25) is 0 Å². The van der Waals surface area contributed by atoms with E-state index in [0.717, 1.165) is 6.92 Å². The number of hydrogen-bond acceptors (Lipinski definition) is 16. The van der Waals surface area contributed by atoms with Gasteiger partial charge in [0.2, 0.25) is 0 Å². The Morgan fingerprint density at radius 3 is 2.23 bits per heavy atom. The van der Waals surface area contributed by atoms with Crippen molar-refractivity contribution in [2.45, 2.75) is 155 Å². The van der Waals surface area contributed by atoms with Gasteiger partial charge < -0.3 is 48.7 Å². The molecule has 3 heterocycles. The summed E-state index contributed by atoms with van der Waals surface area (Å²) in [6.07, 6.45) is -4.70. The molecule has 2 fully saturated rings. The summed E-state index contributed by atoms with van der Waals surface area (Å²) >= 11 is 0. The van der Waals surface area contributed by atoms with Crippen LogP contribution in [0.1, 0.15) is 94.1 Å². The second-order valence-corrected chi connectivity index (χ2v) is 16.2. The van der Waals surface area contributed by atoms with Crippen LogP contribution in [-0.4, -0.2) is 129 Å². The zero-order valence-electron chi connectivity index (χ0n) is 34.8. The molecule has 16 heteroatoms. The van der Waals surface area contributed by atoms with Gasteiger partial charge in [0.25, 0.3) is 0 Å². The van der Waals surface area contributed by atoms with Crippen LogP contribution < -0.4 is 0 Å². The van der Waals surface area contributed by atoms with E-state index in [4.69, 9.17) is 28.5 Å². The summed E-state index contributed by atoms with van der Waals surface area (Å²) in [5, 5.41) is 40.2. The van der Waals surface area contributed by atoms with Crippen LogP contribution in [0, 0.1) is 23.7 Å². The average Bonchev–Trinajstić information content (AvgIpc) is 3.10.